The van der Waals surface area contributed by atoms with Gasteiger partial charge in [0.25, 0.3) is 0 Å². The largest absolute Gasteiger partial charge is 0.465 e. The SMILES string of the molecule is COC(=O)c1ccc(NC(=S)/N=C(/Nc2nc(C)cc(C)n2)N2CCCC(C)C2)cc1. The summed E-state index contributed by atoms with van der Waals surface area (Å²) in [6.45, 7) is 7.87. The number of likely N-dealkylation sites (tertiary alicyclic amines) is 1. The van der Waals surface area contributed by atoms with E-state index in [2.05, 4.69) is 37.4 Å². The number of nitrogens with zero attached hydrogens (tertiary/aromatic N) is 4. The Morgan fingerprint density at radius 2 is 1.87 bits per heavy atom. The van der Waals surface area contributed by atoms with Gasteiger partial charge in [-0.2, -0.15) is 4.99 Å². The number of hydrogen-bond acceptors (Lipinski definition) is 5. The van der Waals surface area contributed by atoms with Crippen molar-refractivity contribution in [2.45, 2.75) is 33.6 Å². The number of benzene rings is 1. The second-order valence-corrected chi connectivity index (χ2v) is 8.11. The highest BCUT2D eigenvalue weighted by Crippen LogP contribution is 2.17. The van der Waals surface area contributed by atoms with Crippen LogP contribution in [0.15, 0.2) is 35.3 Å². The van der Waals surface area contributed by atoms with Crippen molar-refractivity contribution in [3.8, 4) is 0 Å². The number of methoxy groups -OCH3 is 1. The number of piperidine rings is 1. The third-order valence-electron chi connectivity index (χ3n) is 4.93. The van der Waals surface area contributed by atoms with Gasteiger partial charge in [-0.15, -0.1) is 0 Å². The summed E-state index contributed by atoms with van der Waals surface area (Å²) in [5, 5.41) is 6.67. The molecule has 9 heteroatoms. The van der Waals surface area contributed by atoms with Crippen LogP contribution in [0.4, 0.5) is 11.6 Å². The topological polar surface area (TPSA) is 91.7 Å². The van der Waals surface area contributed by atoms with Crippen molar-refractivity contribution in [3.63, 3.8) is 0 Å². The standard InChI is InChI=1S/C22H28N6O2S/c1-14-6-5-11-28(13-14)21(26-20-23-15(2)12-16(3)24-20)27-22(31)25-18-9-7-17(8-10-18)19(29)30-4/h7-10,12,14H,5-6,11,13H2,1-4H3,(H2,23,24,25,26,27,31). The fourth-order valence-electron chi connectivity index (χ4n) is 3.50. The van der Waals surface area contributed by atoms with E-state index < -0.39 is 0 Å². The molecule has 1 aromatic heterocycles. The van der Waals surface area contributed by atoms with Gasteiger partial charge in [-0.1, -0.05) is 6.92 Å². The number of rotatable bonds is 3. The molecule has 1 aromatic carbocycles. The van der Waals surface area contributed by atoms with Gasteiger partial charge in [0, 0.05) is 30.2 Å². The molecule has 0 aliphatic carbocycles. The molecule has 31 heavy (non-hydrogen) atoms. The molecule has 2 N–H and O–H groups in total. The van der Waals surface area contributed by atoms with Crippen LogP contribution < -0.4 is 10.6 Å². The normalized spacial score (nSPS) is 16.6. The Kier molecular flexibility index (Phi) is 7.51. The molecule has 0 radical (unpaired) electrons. The summed E-state index contributed by atoms with van der Waals surface area (Å²) >= 11 is 5.49. The van der Waals surface area contributed by atoms with Crippen LogP contribution >= 0.6 is 12.2 Å². The number of carbonyl (C=O) groups is 1. The van der Waals surface area contributed by atoms with Crippen molar-refractivity contribution in [1.29, 1.82) is 0 Å². The summed E-state index contributed by atoms with van der Waals surface area (Å²) in [7, 11) is 1.35. The molecule has 0 amide bonds. The van der Waals surface area contributed by atoms with E-state index in [0.29, 0.717) is 28.5 Å². The first-order valence-electron chi connectivity index (χ1n) is 10.3. The van der Waals surface area contributed by atoms with Crippen LogP contribution in [-0.4, -0.2) is 52.1 Å². The molecular formula is C22H28N6O2S. The number of carbonyl (C=O) groups excluding carboxylic acids is 1. The lowest BCUT2D eigenvalue weighted by molar-refractivity contribution is 0.0601. The summed E-state index contributed by atoms with van der Waals surface area (Å²) in [6, 6.07) is 8.80. The minimum absolute atomic E-state index is 0.302. The van der Waals surface area contributed by atoms with E-state index in [4.69, 9.17) is 17.0 Å². The third kappa shape index (κ3) is 6.45. The van der Waals surface area contributed by atoms with Gasteiger partial charge in [-0.25, -0.2) is 14.8 Å². The van der Waals surface area contributed by atoms with Gasteiger partial charge in [-0.05, 0) is 75.2 Å². The molecule has 164 valence electrons. The highest BCUT2D eigenvalue weighted by Gasteiger charge is 2.21. The lowest BCUT2D eigenvalue weighted by Crippen LogP contribution is -2.43. The first-order valence-corrected chi connectivity index (χ1v) is 10.7. The number of hydrogen-bond donors (Lipinski definition) is 2. The van der Waals surface area contributed by atoms with Crippen molar-refractivity contribution < 1.29 is 9.53 Å². The van der Waals surface area contributed by atoms with Gasteiger partial charge >= 0.3 is 5.97 Å². The molecule has 1 fully saturated rings. The average Bonchev–Trinajstić information content (AvgIpc) is 2.72. The zero-order valence-electron chi connectivity index (χ0n) is 18.3. The fourth-order valence-corrected chi connectivity index (χ4v) is 3.70. The van der Waals surface area contributed by atoms with Crippen molar-refractivity contribution in [3.05, 3.63) is 47.3 Å². The molecule has 2 heterocycles. The number of ether oxygens (including phenoxy) is 1. The molecule has 0 saturated carbocycles. The predicted molar refractivity (Wildman–Crippen MR) is 127 cm³/mol. The van der Waals surface area contributed by atoms with E-state index in [1.165, 1.54) is 13.5 Å². The molecule has 1 aliphatic rings. The van der Waals surface area contributed by atoms with Crippen molar-refractivity contribution >= 4 is 40.9 Å². The van der Waals surface area contributed by atoms with Crippen molar-refractivity contribution in [2.75, 3.05) is 30.8 Å². The Labute approximate surface area is 188 Å². The lowest BCUT2D eigenvalue weighted by Gasteiger charge is -2.33. The number of aliphatic imine (C=N–C) groups is 1. The number of thiocarbonyl (C=S) groups is 1. The molecule has 3 rings (SSSR count). The highest BCUT2D eigenvalue weighted by atomic mass is 32.1. The average molecular weight is 441 g/mol. The van der Waals surface area contributed by atoms with Gasteiger partial charge in [0.05, 0.1) is 12.7 Å². The van der Waals surface area contributed by atoms with Crippen LogP contribution in [-0.2, 0) is 4.74 Å². The Hall–Kier alpha value is -3.07. The Morgan fingerprint density at radius 1 is 1.19 bits per heavy atom. The van der Waals surface area contributed by atoms with E-state index >= 15 is 0 Å². The minimum Gasteiger partial charge on any atom is -0.465 e. The van der Waals surface area contributed by atoms with E-state index in [9.17, 15) is 4.79 Å². The number of guanidine groups is 1. The Bertz CT molecular complexity index is 956. The summed E-state index contributed by atoms with van der Waals surface area (Å²) < 4.78 is 4.73. The van der Waals surface area contributed by atoms with Crippen LogP contribution in [0, 0.1) is 19.8 Å². The monoisotopic (exact) mass is 440 g/mol. The zero-order valence-corrected chi connectivity index (χ0v) is 19.1. The Balaban J connectivity index is 1.79. The molecule has 1 aliphatic heterocycles. The number of aromatic nitrogens is 2. The number of esters is 1. The van der Waals surface area contributed by atoms with Crippen molar-refractivity contribution in [1.82, 2.24) is 14.9 Å². The van der Waals surface area contributed by atoms with Crippen LogP contribution in [0.25, 0.3) is 0 Å². The van der Waals surface area contributed by atoms with Gasteiger partial charge in [0.15, 0.2) is 0 Å². The summed E-state index contributed by atoms with van der Waals surface area (Å²) in [5.74, 6) is 1.31. The second-order valence-electron chi connectivity index (χ2n) is 7.73. The van der Waals surface area contributed by atoms with E-state index in [0.717, 1.165) is 36.6 Å². The Morgan fingerprint density at radius 3 is 2.48 bits per heavy atom. The van der Waals surface area contributed by atoms with Crippen LogP contribution in [0.3, 0.4) is 0 Å². The van der Waals surface area contributed by atoms with Gasteiger partial charge in [0.1, 0.15) is 0 Å². The summed E-state index contributed by atoms with van der Waals surface area (Å²) in [6.07, 6.45) is 2.28. The fraction of sp³-hybridized carbons (Fsp3) is 0.409. The summed E-state index contributed by atoms with van der Waals surface area (Å²) in [5.41, 5.74) is 2.97. The smallest absolute Gasteiger partial charge is 0.337 e. The molecule has 8 nitrogen and oxygen atoms in total. The molecule has 0 spiro atoms. The van der Waals surface area contributed by atoms with Crippen molar-refractivity contribution in [2.24, 2.45) is 10.9 Å². The second kappa shape index (κ2) is 10.3. The quantitative estimate of drug-likeness (QED) is 0.322. The first kappa shape index (κ1) is 22.6. The molecule has 1 saturated heterocycles. The maximum absolute atomic E-state index is 11.6. The zero-order chi connectivity index (χ0) is 22.4. The van der Waals surface area contributed by atoms with Crippen LogP contribution in [0.2, 0.25) is 0 Å². The van der Waals surface area contributed by atoms with Crippen LogP contribution in [0.1, 0.15) is 41.5 Å². The maximum atomic E-state index is 11.6. The first-order chi connectivity index (χ1) is 14.8. The minimum atomic E-state index is -0.383. The number of anilines is 2. The predicted octanol–water partition coefficient (Wildman–Crippen LogP) is 3.78. The number of aryl methyl sites for hydroxylation is 2. The molecule has 1 atom stereocenters. The van der Waals surface area contributed by atoms with E-state index in [1.54, 1.807) is 24.3 Å². The van der Waals surface area contributed by atoms with Crippen LogP contribution in [0.5, 0.6) is 0 Å². The molecule has 0 bridgehead atoms. The van der Waals surface area contributed by atoms with E-state index in [1.807, 2.05) is 19.9 Å². The molecule has 2 aromatic rings. The third-order valence-corrected chi connectivity index (χ3v) is 5.12. The maximum Gasteiger partial charge on any atom is 0.337 e. The van der Waals surface area contributed by atoms with Gasteiger partial charge in [-0.3, -0.25) is 5.32 Å². The highest BCUT2D eigenvalue weighted by molar-refractivity contribution is 7.80. The summed E-state index contributed by atoms with van der Waals surface area (Å²) in [4.78, 5) is 27.4. The molecular weight excluding hydrogens is 412 g/mol. The van der Waals surface area contributed by atoms with Gasteiger partial charge in [0.2, 0.25) is 17.0 Å². The number of nitrogens with one attached hydrogen (secondary N) is 2. The lowest BCUT2D eigenvalue weighted by atomic mass is 10.0. The van der Waals surface area contributed by atoms with E-state index in [-0.39, 0.29) is 5.97 Å². The van der Waals surface area contributed by atoms with Gasteiger partial charge < -0.3 is 15.0 Å². The molecule has 1 unspecified atom stereocenters.